The molecule has 1 fully saturated rings. The zero-order valence-corrected chi connectivity index (χ0v) is 12.3. The van der Waals surface area contributed by atoms with Gasteiger partial charge in [-0.25, -0.2) is 0 Å². The first kappa shape index (κ1) is 15.6. The van der Waals surface area contributed by atoms with Gasteiger partial charge in [-0.2, -0.15) is 0 Å². The van der Waals surface area contributed by atoms with E-state index in [1.807, 2.05) is 31.3 Å². The third-order valence-electron chi connectivity index (χ3n) is 3.67. The summed E-state index contributed by atoms with van der Waals surface area (Å²) in [6, 6.07) is 7.72. The third kappa shape index (κ3) is 4.32. The van der Waals surface area contributed by atoms with E-state index in [2.05, 4.69) is 11.8 Å². The second-order valence-corrected chi connectivity index (χ2v) is 5.20. The smallest absolute Gasteiger partial charge is 0.225 e. The highest BCUT2D eigenvalue weighted by Gasteiger charge is 2.24. The van der Waals surface area contributed by atoms with Crippen molar-refractivity contribution in [3.05, 3.63) is 35.4 Å². The fourth-order valence-corrected chi connectivity index (χ4v) is 2.50. The fourth-order valence-electron chi connectivity index (χ4n) is 2.50. The molecule has 0 saturated carbocycles. The van der Waals surface area contributed by atoms with E-state index in [1.165, 1.54) is 0 Å². The number of rotatable bonds is 3. The first-order chi connectivity index (χ1) is 10.2. The van der Waals surface area contributed by atoms with Gasteiger partial charge in [0.25, 0.3) is 0 Å². The molecule has 0 aliphatic carbocycles. The Morgan fingerprint density at radius 1 is 1.38 bits per heavy atom. The summed E-state index contributed by atoms with van der Waals surface area (Å²) >= 11 is 0. The Hall–Kier alpha value is -1.83. The van der Waals surface area contributed by atoms with Gasteiger partial charge in [0.1, 0.15) is 6.61 Å². The molecule has 1 aliphatic rings. The van der Waals surface area contributed by atoms with Crippen LogP contribution in [0.1, 0.15) is 24.0 Å². The maximum Gasteiger partial charge on any atom is 0.225 e. The first-order valence-electron chi connectivity index (χ1n) is 7.22. The number of hydrogen-bond acceptors (Lipinski definition) is 3. The lowest BCUT2D eigenvalue weighted by molar-refractivity contribution is -0.137. The van der Waals surface area contributed by atoms with Crippen LogP contribution in [-0.4, -0.2) is 42.8 Å². The molecule has 2 rings (SSSR count). The van der Waals surface area contributed by atoms with Crippen LogP contribution in [0.15, 0.2) is 24.3 Å². The lowest BCUT2D eigenvalue weighted by Gasteiger charge is -2.26. The molecule has 0 aromatic heterocycles. The number of aliphatic hydroxyl groups is 1. The van der Waals surface area contributed by atoms with Crippen molar-refractivity contribution in [1.82, 2.24) is 4.90 Å². The normalized spacial score (nSPS) is 15.1. The van der Waals surface area contributed by atoms with Gasteiger partial charge in [0, 0.05) is 38.3 Å². The molecule has 0 unspecified atom stereocenters. The topological polar surface area (TPSA) is 49.8 Å². The van der Waals surface area contributed by atoms with E-state index in [9.17, 15) is 4.79 Å². The van der Waals surface area contributed by atoms with Crippen LogP contribution in [0, 0.1) is 17.8 Å². The molecule has 4 nitrogen and oxygen atoms in total. The number of carbonyl (C=O) groups excluding carboxylic acids is 1. The highest BCUT2D eigenvalue weighted by molar-refractivity contribution is 5.78. The molecule has 0 radical (unpaired) electrons. The highest BCUT2D eigenvalue weighted by Crippen LogP contribution is 2.19. The number of nitrogens with zero attached hydrogens (tertiary/aromatic N) is 1. The zero-order chi connectivity index (χ0) is 15.1. The summed E-state index contributed by atoms with van der Waals surface area (Å²) < 4.78 is 5.30. The number of ether oxygens (including phenoxy) is 1. The minimum absolute atomic E-state index is 0.0689. The first-order valence-corrected chi connectivity index (χ1v) is 7.22. The van der Waals surface area contributed by atoms with Crippen molar-refractivity contribution in [3.8, 4) is 11.8 Å². The van der Waals surface area contributed by atoms with Crippen LogP contribution in [0.3, 0.4) is 0 Å². The Bertz CT molecular complexity index is 538. The molecule has 1 aromatic carbocycles. The molecular formula is C17H21NO3. The number of aliphatic hydroxyl groups excluding tert-OH is 1. The van der Waals surface area contributed by atoms with Crippen LogP contribution in [0.4, 0.5) is 0 Å². The summed E-state index contributed by atoms with van der Waals surface area (Å²) in [5, 5.41) is 8.81. The van der Waals surface area contributed by atoms with Crippen LogP contribution in [-0.2, 0) is 16.1 Å². The van der Waals surface area contributed by atoms with E-state index in [1.54, 1.807) is 4.90 Å². The molecule has 1 amide bonds. The van der Waals surface area contributed by atoms with Gasteiger partial charge >= 0.3 is 0 Å². The molecule has 4 heteroatoms. The summed E-state index contributed by atoms with van der Waals surface area (Å²) in [5.74, 6) is 5.82. The molecule has 0 bridgehead atoms. The summed E-state index contributed by atoms with van der Waals surface area (Å²) in [6.45, 7) is 1.71. The van der Waals surface area contributed by atoms with Crippen LogP contribution < -0.4 is 0 Å². The van der Waals surface area contributed by atoms with Crippen LogP contribution in [0.25, 0.3) is 0 Å². The molecule has 0 atom stereocenters. The van der Waals surface area contributed by atoms with Gasteiger partial charge in [0.05, 0.1) is 0 Å². The Morgan fingerprint density at radius 3 is 2.81 bits per heavy atom. The molecule has 1 saturated heterocycles. The second-order valence-electron chi connectivity index (χ2n) is 5.20. The maximum absolute atomic E-state index is 12.4. The van der Waals surface area contributed by atoms with E-state index in [0.717, 1.165) is 24.0 Å². The standard InChI is InChI=1S/C17H21NO3/c1-18(17(20)15-8-11-21-12-9-15)13-16-6-3-2-5-14(16)7-4-10-19/h2-3,5-6,15,19H,8-13H2,1H3. The minimum atomic E-state index is -0.162. The van der Waals surface area contributed by atoms with Gasteiger partial charge in [-0.05, 0) is 24.5 Å². The van der Waals surface area contributed by atoms with Gasteiger partial charge in [0.15, 0.2) is 0 Å². The van der Waals surface area contributed by atoms with E-state index in [0.29, 0.717) is 19.8 Å². The predicted molar refractivity (Wildman–Crippen MR) is 80.4 cm³/mol. The monoisotopic (exact) mass is 287 g/mol. The molecule has 1 aromatic rings. The van der Waals surface area contributed by atoms with E-state index >= 15 is 0 Å². The summed E-state index contributed by atoms with van der Waals surface area (Å²) in [5.41, 5.74) is 1.86. The Labute approximate surface area is 125 Å². The van der Waals surface area contributed by atoms with Gasteiger partial charge < -0.3 is 14.7 Å². The van der Waals surface area contributed by atoms with Crippen molar-refractivity contribution in [2.24, 2.45) is 5.92 Å². The zero-order valence-electron chi connectivity index (χ0n) is 12.3. The van der Waals surface area contributed by atoms with Gasteiger partial charge in [-0.3, -0.25) is 4.79 Å². The Morgan fingerprint density at radius 2 is 2.10 bits per heavy atom. The maximum atomic E-state index is 12.4. The minimum Gasteiger partial charge on any atom is -0.384 e. The second kappa shape index (κ2) is 7.82. The number of carbonyl (C=O) groups is 1. The van der Waals surface area contributed by atoms with Gasteiger partial charge in [-0.15, -0.1) is 0 Å². The van der Waals surface area contributed by atoms with Gasteiger partial charge in [0.2, 0.25) is 5.91 Å². The van der Waals surface area contributed by atoms with E-state index < -0.39 is 0 Å². The molecule has 21 heavy (non-hydrogen) atoms. The van der Waals surface area contributed by atoms with Crippen molar-refractivity contribution < 1.29 is 14.6 Å². The molecular weight excluding hydrogens is 266 g/mol. The van der Waals surface area contributed by atoms with Gasteiger partial charge in [-0.1, -0.05) is 30.0 Å². The highest BCUT2D eigenvalue weighted by atomic mass is 16.5. The molecule has 1 heterocycles. The van der Waals surface area contributed by atoms with Crippen molar-refractivity contribution in [2.45, 2.75) is 19.4 Å². The fraction of sp³-hybridized carbons (Fsp3) is 0.471. The number of hydrogen-bond donors (Lipinski definition) is 1. The summed E-state index contributed by atoms with van der Waals surface area (Å²) in [7, 11) is 1.83. The quantitative estimate of drug-likeness (QED) is 0.855. The third-order valence-corrected chi connectivity index (χ3v) is 3.67. The van der Waals surface area contributed by atoms with Crippen molar-refractivity contribution in [3.63, 3.8) is 0 Å². The average molecular weight is 287 g/mol. The molecule has 1 N–H and O–H groups in total. The predicted octanol–water partition coefficient (Wildman–Crippen LogP) is 1.42. The lowest BCUT2D eigenvalue weighted by Crippen LogP contribution is -2.35. The largest absolute Gasteiger partial charge is 0.384 e. The summed E-state index contributed by atoms with van der Waals surface area (Å²) in [6.07, 6.45) is 1.60. The SMILES string of the molecule is CN(Cc1ccccc1C#CCO)C(=O)C1CCOCC1. The van der Waals surface area contributed by atoms with Crippen LogP contribution in [0.5, 0.6) is 0 Å². The molecule has 0 spiro atoms. The van der Waals surface area contributed by atoms with Crippen molar-refractivity contribution in [2.75, 3.05) is 26.9 Å². The van der Waals surface area contributed by atoms with Crippen LogP contribution in [0.2, 0.25) is 0 Å². The van der Waals surface area contributed by atoms with E-state index in [-0.39, 0.29) is 18.4 Å². The summed E-state index contributed by atoms with van der Waals surface area (Å²) in [4.78, 5) is 14.2. The lowest BCUT2D eigenvalue weighted by atomic mass is 9.98. The van der Waals surface area contributed by atoms with Crippen LogP contribution >= 0.6 is 0 Å². The van der Waals surface area contributed by atoms with Crippen molar-refractivity contribution >= 4 is 5.91 Å². The Kier molecular flexibility index (Phi) is 5.79. The number of amides is 1. The average Bonchev–Trinajstić information content (AvgIpc) is 2.54. The molecule has 112 valence electrons. The number of benzene rings is 1. The van der Waals surface area contributed by atoms with E-state index in [4.69, 9.17) is 9.84 Å². The van der Waals surface area contributed by atoms with Crippen molar-refractivity contribution in [1.29, 1.82) is 0 Å². The Balaban J connectivity index is 2.05. The molecule has 1 aliphatic heterocycles.